The molecule has 6 heteroatoms. The van der Waals surface area contributed by atoms with E-state index in [0.717, 1.165) is 18.4 Å². The van der Waals surface area contributed by atoms with Gasteiger partial charge in [0, 0.05) is 24.7 Å². The van der Waals surface area contributed by atoms with Gasteiger partial charge in [0.2, 0.25) is 5.91 Å². The molecule has 0 aliphatic carbocycles. The molecule has 2 rings (SSSR count). The molecule has 24 heavy (non-hydrogen) atoms. The third-order valence-corrected chi connectivity index (χ3v) is 4.03. The van der Waals surface area contributed by atoms with Gasteiger partial charge < -0.3 is 15.0 Å². The zero-order chi connectivity index (χ0) is 17.7. The number of piperidine rings is 1. The fourth-order valence-electron chi connectivity index (χ4n) is 2.66. The smallest absolute Gasteiger partial charge is 0.410 e. The van der Waals surface area contributed by atoms with E-state index in [0.29, 0.717) is 24.7 Å². The summed E-state index contributed by atoms with van der Waals surface area (Å²) in [5, 5.41) is 3.58. The molecule has 0 bridgehead atoms. The lowest BCUT2D eigenvalue weighted by Crippen LogP contribution is -2.46. The summed E-state index contributed by atoms with van der Waals surface area (Å²) in [6.45, 7) is 6.98. The Kier molecular flexibility index (Phi) is 6.10. The molecule has 5 nitrogen and oxygen atoms in total. The van der Waals surface area contributed by atoms with Crippen molar-refractivity contribution in [3.63, 3.8) is 0 Å². The highest BCUT2D eigenvalue weighted by atomic mass is 35.5. The summed E-state index contributed by atoms with van der Waals surface area (Å²) in [6.07, 6.45) is 1.23. The molecule has 1 aliphatic heterocycles. The summed E-state index contributed by atoms with van der Waals surface area (Å²) < 4.78 is 5.39. The van der Waals surface area contributed by atoms with Gasteiger partial charge >= 0.3 is 6.09 Å². The fraction of sp³-hybridized carbons (Fsp3) is 0.556. The van der Waals surface area contributed by atoms with Crippen molar-refractivity contribution in [1.29, 1.82) is 0 Å². The molecular weight excluding hydrogens is 328 g/mol. The average molecular weight is 353 g/mol. The van der Waals surface area contributed by atoms with E-state index in [1.165, 1.54) is 0 Å². The topological polar surface area (TPSA) is 58.6 Å². The number of benzene rings is 1. The van der Waals surface area contributed by atoms with Crippen molar-refractivity contribution >= 4 is 23.6 Å². The Morgan fingerprint density at radius 2 is 2.12 bits per heavy atom. The standard InChI is InChI=1S/C18H25ClN2O3/c1-18(2,3)24-17(23)21-9-5-7-14(12-21)16(22)20-11-13-6-4-8-15(19)10-13/h4,6,8,10,14H,5,7,9,11-12H2,1-3H3,(H,20,22)/t14-/m0/s1. The molecule has 1 heterocycles. The Balaban J connectivity index is 1.87. The first kappa shape index (κ1) is 18.6. The van der Waals surface area contributed by atoms with Crippen molar-refractivity contribution in [2.24, 2.45) is 5.92 Å². The molecule has 0 spiro atoms. The number of carbonyl (C=O) groups is 2. The molecule has 2 amide bonds. The first-order chi connectivity index (χ1) is 11.2. The number of hydrogen-bond donors (Lipinski definition) is 1. The number of amides is 2. The molecule has 1 aromatic carbocycles. The van der Waals surface area contributed by atoms with E-state index in [-0.39, 0.29) is 17.9 Å². The van der Waals surface area contributed by atoms with E-state index in [4.69, 9.17) is 16.3 Å². The average Bonchev–Trinajstić information content (AvgIpc) is 2.51. The summed E-state index contributed by atoms with van der Waals surface area (Å²) in [4.78, 5) is 26.2. The van der Waals surface area contributed by atoms with Crippen LogP contribution in [0.15, 0.2) is 24.3 Å². The molecule has 1 N–H and O–H groups in total. The van der Waals surface area contributed by atoms with Crippen LogP contribution in [0.3, 0.4) is 0 Å². The fourth-order valence-corrected chi connectivity index (χ4v) is 2.88. The molecule has 0 radical (unpaired) electrons. The Morgan fingerprint density at radius 1 is 1.38 bits per heavy atom. The largest absolute Gasteiger partial charge is 0.444 e. The lowest BCUT2D eigenvalue weighted by Gasteiger charge is -2.33. The molecular formula is C18H25ClN2O3. The minimum Gasteiger partial charge on any atom is -0.444 e. The van der Waals surface area contributed by atoms with Gasteiger partial charge in [0.15, 0.2) is 0 Å². The van der Waals surface area contributed by atoms with Crippen LogP contribution in [0.5, 0.6) is 0 Å². The maximum absolute atomic E-state index is 12.4. The first-order valence-corrected chi connectivity index (χ1v) is 8.62. The van der Waals surface area contributed by atoms with Crippen molar-refractivity contribution < 1.29 is 14.3 Å². The number of carbonyl (C=O) groups excluding carboxylic acids is 2. The second kappa shape index (κ2) is 7.88. The SMILES string of the molecule is CC(C)(C)OC(=O)N1CCC[C@H](C(=O)NCc2cccc(Cl)c2)C1. The highest BCUT2D eigenvalue weighted by molar-refractivity contribution is 6.30. The van der Waals surface area contributed by atoms with Gasteiger partial charge in [0.1, 0.15) is 5.60 Å². The van der Waals surface area contributed by atoms with Gasteiger partial charge in [-0.2, -0.15) is 0 Å². The van der Waals surface area contributed by atoms with Crippen LogP contribution in [-0.4, -0.2) is 35.6 Å². The van der Waals surface area contributed by atoms with Gasteiger partial charge in [0.25, 0.3) is 0 Å². The number of nitrogens with one attached hydrogen (secondary N) is 1. The minimum atomic E-state index is -0.529. The maximum Gasteiger partial charge on any atom is 0.410 e. The van der Waals surface area contributed by atoms with Gasteiger partial charge in [-0.05, 0) is 51.3 Å². The molecule has 132 valence electrons. The van der Waals surface area contributed by atoms with Gasteiger partial charge in [-0.1, -0.05) is 23.7 Å². The number of nitrogens with zero attached hydrogens (tertiary/aromatic N) is 1. The van der Waals surface area contributed by atoms with Gasteiger partial charge in [-0.15, -0.1) is 0 Å². The van der Waals surface area contributed by atoms with Crippen LogP contribution in [0.1, 0.15) is 39.2 Å². The van der Waals surface area contributed by atoms with E-state index >= 15 is 0 Å². The van der Waals surface area contributed by atoms with Crippen LogP contribution < -0.4 is 5.32 Å². The van der Waals surface area contributed by atoms with Gasteiger partial charge in [0.05, 0.1) is 5.92 Å². The highest BCUT2D eigenvalue weighted by Crippen LogP contribution is 2.20. The molecule has 1 atom stereocenters. The number of hydrogen-bond acceptors (Lipinski definition) is 3. The van der Waals surface area contributed by atoms with Crippen molar-refractivity contribution in [3.05, 3.63) is 34.9 Å². The summed E-state index contributed by atoms with van der Waals surface area (Å²) in [7, 11) is 0. The summed E-state index contributed by atoms with van der Waals surface area (Å²) >= 11 is 5.94. The number of rotatable bonds is 3. The summed E-state index contributed by atoms with van der Waals surface area (Å²) in [5.41, 5.74) is 0.425. The Morgan fingerprint density at radius 3 is 2.79 bits per heavy atom. The number of halogens is 1. The van der Waals surface area contributed by atoms with Crippen molar-refractivity contribution in [1.82, 2.24) is 10.2 Å². The Bertz CT molecular complexity index is 598. The quantitative estimate of drug-likeness (QED) is 0.904. The predicted octanol–water partition coefficient (Wildman–Crippen LogP) is 3.60. The molecule has 1 aromatic rings. The molecule has 0 saturated carbocycles. The zero-order valence-electron chi connectivity index (χ0n) is 14.5. The first-order valence-electron chi connectivity index (χ1n) is 8.25. The van der Waals surface area contributed by atoms with E-state index in [1.54, 1.807) is 11.0 Å². The zero-order valence-corrected chi connectivity index (χ0v) is 15.2. The second-order valence-corrected chi connectivity index (χ2v) is 7.55. The van der Waals surface area contributed by atoms with E-state index in [1.807, 2.05) is 39.0 Å². The summed E-state index contributed by atoms with van der Waals surface area (Å²) in [6, 6.07) is 7.40. The van der Waals surface area contributed by atoms with E-state index in [2.05, 4.69) is 5.32 Å². The van der Waals surface area contributed by atoms with E-state index < -0.39 is 5.60 Å². The van der Waals surface area contributed by atoms with Crippen LogP contribution in [0.2, 0.25) is 5.02 Å². The molecule has 0 unspecified atom stereocenters. The third-order valence-electron chi connectivity index (χ3n) is 3.80. The van der Waals surface area contributed by atoms with Crippen molar-refractivity contribution in [3.8, 4) is 0 Å². The van der Waals surface area contributed by atoms with Crippen LogP contribution in [0, 0.1) is 5.92 Å². The lowest BCUT2D eigenvalue weighted by atomic mass is 9.97. The number of likely N-dealkylation sites (tertiary alicyclic amines) is 1. The maximum atomic E-state index is 12.4. The van der Waals surface area contributed by atoms with E-state index in [9.17, 15) is 9.59 Å². The van der Waals surface area contributed by atoms with Crippen LogP contribution in [-0.2, 0) is 16.1 Å². The van der Waals surface area contributed by atoms with Crippen molar-refractivity contribution in [2.75, 3.05) is 13.1 Å². The molecule has 0 aromatic heterocycles. The predicted molar refractivity (Wildman–Crippen MR) is 93.8 cm³/mol. The lowest BCUT2D eigenvalue weighted by molar-refractivity contribution is -0.126. The minimum absolute atomic E-state index is 0.0387. The van der Waals surface area contributed by atoms with Gasteiger partial charge in [-0.3, -0.25) is 4.79 Å². The Hall–Kier alpha value is -1.75. The molecule has 1 aliphatic rings. The van der Waals surface area contributed by atoms with Crippen LogP contribution >= 0.6 is 11.6 Å². The highest BCUT2D eigenvalue weighted by Gasteiger charge is 2.30. The Labute approximate surface area is 148 Å². The normalized spacial score (nSPS) is 18.2. The third kappa shape index (κ3) is 5.71. The summed E-state index contributed by atoms with van der Waals surface area (Å²) in [5.74, 6) is -0.242. The van der Waals surface area contributed by atoms with Crippen LogP contribution in [0.25, 0.3) is 0 Å². The molecule has 1 saturated heterocycles. The second-order valence-electron chi connectivity index (χ2n) is 7.11. The monoisotopic (exact) mass is 352 g/mol. The number of ether oxygens (including phenoxy) is 1. The molecule has 1 fully saturated rings. The van der Waals surface area contributed by atoms with Crippen molar-refractivity contribution in [2.45, 2.75) is 45.8 Å². The van der Waals surface area contributed by atoms with Crippen LogP contribution in [0.4, 0.5) is 4.79 Å². The van der Waals surface area contributed by atoms with Gasteiger partial charge in [-0.25, -0.2) is 4.79 Å².